The first-order chi connectivity index (χ1) is 4.33. The summed E-state index contributed by atoms with van der Waals surface area (Å²) in [6.07, 6.45) is -5.03. The summed E-state index contributed by atoms with van der Waals surface area (Å²) in [5.74, 6) is -1.89. The Kier molecular flexibility index (Phi) is 2.89. The normalized spacial score (nSPS) is 13.4. The first kappa shape index (κ1) is 9.48. The van der Waals surface area contributed by atoms with Crippen LogP contribution in [0.25, 0.3) is 0 Å². The van der Waals surface area contributed by atoms with E-state index in [0.717, 1.165) is 0 Å². The van der Waals surface area contributed by atoms with Gasteiger partial charge in [-0.2, -0.15) is 13.2 Å². The van der Waals surface area contributed by atoms with Gasteiger partial charge in [-0.1, -0.05) is 0 Å². The molecule has 0 atom stereocenters. The molecular formula is C4HBrF3O2-. The number of allylic oxidation sites excluding steroid dienone is 1. The molecule has 0 saturated carbocycles. The van der Waals surface area contributed by atoms with Gasteiger partial charge in [0.15, 0.2) is 0 Å². The van der Waals surface area contributed by atoms with Crippen LogP contribution in [-0.2, 0) is 4.79 Å². The fraction of sp³-hybridized carbons (Fsp3) is 0.250. The van der Waals surface area contributed by atoms with Crippen molar-refractivity contribution in [2.45, 2.75) is 6.18 Å². The smallest absolute Gasteiger partial charge is 0.410 e. The van der Waals surface area contributed by atoms with E-state index in [0.29, 0.717) is 0 Å². The highest BCUT2D eigenvalue weighted by Crippen LogP contribution is 2.20. The van der Waals surface area contributed by atoms with E-state index in [9.17, 15) is 23.1 Å². The maximum Gasteiger partial charge on any atom is 0.410 e. The average Bonchev–Trinajstić information content (AvgIpc) is 1.60. The monoisotopic (exact) mass is 217 g/mol. The van der Waals surface area contributed by atoms with Gasteiger partial charge in [0.25, 0.3) is 0 Å². The average molecular weight is 218 g/mol. The van der Waals surface area contributed by atoms with Crippen LogP contribution in [0, 0.1) is 0 Å². The summed E-state index contributed by atoms with van der Waals surface area (Å²) in [5.41, 5.74) is 0. The maximum absolute atomic E-state index is 11.3. The van der Waals surface area contributed by atoms with Crippen LogP contribution in [0.1, 0.15) is 0 Å². The minimum absolute atomic E-state index is 0.400. The van der Waals surface area contributed by atoms with Crippen molar-refractivity contribution < 1.29 is 23.1 Å². The molecule has 10 heavy (non-hydrogen) atoms. The third-order valence-corrected chi connectivity index (χ3v) is 1.04. The van der Waals surface area contributed by atoms with E-state index in [4.69, 9.17) is 0 Å². The SMILES string of the molecule is O=C([O-])C(Br)=CC(F)(F)F. The predicted octanol–water partition coefficient (Wildman–Crippen LogP) is 0.577. The number of aliphatic carboxylic acids is 1. The lowest BCUT2D eigenvalue weighted by Gasteiger charge is -2.01. The molecule has 0 aromatic carbocycles. The number of hydrogen-bond acceptors (Lipinski definition) is 2. The Morgan fingerprint density at radius 3 is 2.00 bits per heavy atom. The number of hydrogen-bond donors (Lipinski definition) is 0. The zero-order valence-electron chi connectivity index (χ0n) is 4.41. The van der Waals surface area contributed by atoms with Crippen LogP contribution in [0.4, 0.5) is 13.2 Å². The Bertz CT molecular complexity index is 172. The van der Waals surface area contributed by atoms with Gasteiger partial charge < -0.3 is 9.90 Å². The topological polar surface area (TPSA) is 40.1 Å². The molecule has 0 rings (SSSR count). The van der Waals surface area contributed by atoms with E-state index in [1.54, 1.807) is 0 Å². The number of carbonyl (C=O) groups excluding carboxylic acids is 1. The Balaban J connectivity index is 4.32. The van der Waals surface area contributed by atoms with Crippen molar-refractivity contribution in [2.75, 3.05) is 0 Å². The van der Waals surface area contributed by atoms with Crippen LogP contribution in [0.15, 0.2) is 10.6 Å². The predicted molar refractivity (Wildman–Crippen MR) is 28.1 cm³/mol. The zero-order valence-corrected chi connectivity index (χ0v) is 5.99. The number of carboxylic acids is 1. The number of carboxylic acid groups (broad SMARTS) is 1. The molecule has 0 aliphatic rings. The first-order valence-corrected chi connectivity index (χ1v) is 2.78. The van der Waals surface area contributed by atoms with Crippen molar-refractivity contribution in [3.05, 3.63) is 10.6 Å². The van der Waals surface area contributed by atoms with Gasteiger partial charge in [-0.25, -0.2) is 0 Å². The number of carbonyl (C=O) groups is 1. The summed E-state index contributed by atoms with van der Waals surface area (Å²) in [7, 11) is 0. The summed E-state index contributed by atoms with van der Waals surface area (Å²) in [4.78, 5) is 9.65. The quantitative estimate of drug-likeness (QED) is 0.603. The van der Waals surface area contributed by atoms with Crippen LogP contribution in [-0.4, -0.2) is 12.1 Å². The number of rotatable bonds is 1. The molecule has 0 unspecified atom stereocenters. The standard InChI is InChI=1S/C4H2BrF3O2/c5-2(3(9)10)1-4(6,7)8/h1H,(H,9,10)/p-1. The van der Waals surface area contributed by atoms with Gasteiger partial charge in [-0.05, 0) is 15.9 Å². The number of alkyl halides is 3. The van der Waals surface area contributed by atoms with E-state index < -0.39 is 22.7 Å². The molecule has 0 aromatic heterocycles. The highest BCUT2D eigenvalue weighted by Gasteiger charge is 2.24. The Morgan fingerprint density at radius 1 is 1.50 bits per heavy atom. The van der Waals surface area contributed by atoms with Gasteiger partial charge in [-0.15, -0.1) is 0 Å². The van der Waals surface area contributed by atoms with Gasteiger partial charge in [-0.3, -0.25) is 0 Å². The van der Waals surface area contributed by atoms with E-state index in [1.807, 2.05) is 0 Å². The third-order valence-electron chi connectivity index (χ3n) is 0.485. The lowest BCUT2D eigenvalue weighted by molar-refractivity contribution is -0.298. The fourth-order valence-corrected chi connectivity index (χ4v) is 0.462. The molecule has 0 heterocycles. The lowest BCUT2D eigenvalue weighted by atomic mass is 10.5. The number of halogens is 4. The molecule has 2 nitrogen and oxygen atoms in total. The molecule has 0 fully saturated rings. The van der Waals surface area contributed by atoms with Crippen molar-refractivity contribution in [1.82, 2.24) is 0 Å². The van der Waals surface area contributed by atoms with Gasteiger partial charge in [0, 0.05) is 10.6 Å². The van der Waals surface area contributed by atoms with Crippen LogP contribution in [0.5, 0.6) is 0 Å². The molecule has 0 amide bonds. The Morgan fingerprint density at radius 2 is 1.90 bits per heavy atom. The first-order valence-electron chi connectivity index (χ1n) is 1.99. The van der Waals surface area contributed by atoms with Crippen molar-refractivity contribution in [1.29, 1.82) is 0 Å². The second-order valence-electron chi connectivity index (χ2n) is 1.32. The maximum atomic E-state index is 11.3. The fourth-order valence-electron chi connectivity index (χ4n) is 0.203. The minimum Gasteiger partial charge on any atom is -0.544 e. The van der Waals surface area contributed by atoms with Crippen LogP contribution in [0.3, 0.4) is 0 Å². The summed E-state index contributed by atoms with van der Waals surface area (Å²) >= 11 is 2.16. The molecule has 0 aliphatic carbocycles. The van der Waals surface area contributed by atoms with Crippen LogP contribution >= 0.6 is 15.9 Å². The Labute approximate surface area is 62.5 Å². The van der Waals surface area contributed by atoms with Crippen molar-refractivity contribution in [2.24, 2.45) is 0 Å². The summed E-state index contributed by atoms with van der Waals surface area (Å²) in [6, 6.07) is 0. The second kappa shape index (κ2) is 3.05. The molecular weight excluding hydrogens is 217 g/mol. The zero-order chi connectivity index (χ0) is 8.36. The highest BCUT2D eigenvalue weighted by atomic mass is 79.9. The molecule has 6 heteroatoms. The van der Waals surface area contributed by atoms with Crippen molar-refractivity contribution in [3.63, 3.8) is 0 Å². The van der Waals surface area contributed by atoms with Gasteiger partial charge in [0.1, 0.15) is 0 Å². The van der Waals surface area contributed by atoms with E-state index in [1.165, 1.54) is 0 Å². The molecule has 0 bridgehead atoms. The lowest BCUT2D eigenvalue weighted by Crippen LogP contribution is -2.23. The summed E-state index contributed by atoms with van der Waals surface area (Å²) in [5, 5.41) is 9.65. The van der Waals surface area contributed by atoms with Crippen LogP contribution in [0.2, 0.25) is 0 Å². The molecule has 0 spiro atoms. The van der Waals surface area contributed by atoms with Crippen molar-refractivity contribution in [3.8, 4) is 0 Å². The van der Waals surface area contributed by atoms with Gasteiger partial charge in [0.2, 0.25) is 0 Å². The van der Waals surface area contributed by atoms with E-state index in [2.05, 4.69) is 15.9 Å². The van der Waals surface area contributed by atoms with Crippen molar-refractivity contribution >= 4 is 21.9 Å². The van der Waals surface area contributed by atoms with Gasteiger partial charge >= 0.3 is 6.18 Å². The minimum atomic E-state index is -4.63. The van der Waals surface area contributed by atoms with Crippen LogP contribution < -0.4 is 5.11 Å². The van der Waals surface area contributed by atoms with Gasteiger partial charge in [0.05, 0.1) is 5.97 Å². The second-order valence-corrected chi connectivity index (χ2v) is 2.18. The molecule has 0 radical (unpaired) electrons. The summed E-state index contributed by atoms with van der Waals surface area (Å²) in [6.45, 7) is 0. The molecule has 0 N–H and O–H groups in total. The largest absolute Gasteiger partial charge is 0.544 e. The third kappa shape index (κ3) is 4.37. The molecule has 0 aromatic rings. The Hall–Kier alpha value is -0.520. The van der Waals surface area contributed by atoms with E-state index in [-0.39, 0.29) is 0 Å². The molecule has 0 saturated heterocycles. The molecule has 58 valence electrons. The highest BCUT2D eigenvalue weighted by molar-refractivity contribution is 9.12. The molecule has 0 aliphatic heterocycles. The van der Waals surface area contributed by atoms with E-state index >= 15 is 0 Å². The summed E-state index contributed by atoms with van der Waals surface area (Å²) < 4.78 is 32.8.